The van der Waals surface area contributed by atoms with E-state index in [4.69, 9.17) is 16.3 Å². The maximum atomic E-state index is 12.7. The maximum absolute atomic E-state index is 12.7. The molecule has 1 saturated heterocycles. The molecule has 0 aliphatic carbocycles. The van der Waals surface area contributed by atoms with Gasteiger partial charge in [0.1, 0.15) is 0 Å². The molecule has 1 aliphatic rings. The van der Waals surface area contributed by atoms with Gasteiger partial charge in [-0.25, -0.2) is 8.42 Å². The molecule has 0 N–H and O–H groups in total. The number of aryl methyl sites for hydroxylation is 1. The second-order valence-corrected chi connectivity index (χ2v) is 8.42. The summed E-state index contributed by atoms with van der Waals surface area (Å²) in [6, 6.07) is 14.9. The first-order chi connectivity index (χ1) is 11.4. The van der Waals surface area contributed by atoms with Gasteiger partial charge >= 0.3 is 0 Å². The summed E-state index contributed by atoms with van der Waals surface area (Å²) in [6.45, 7) is 3.09. The van der Waals surface area contributed by atoms with Crippen molar-refractivity contribution in [3.8, 4) is 0 Å². The zero-order chi connectivity index (χ0) is 17.2. The van der Waals surface area contributed by atoms with Crippen molar-refractivity contribution in [1.29, 1.82) is 0 Å². The number of benzene rings is 2. The number of nitrogens with zero attached hydrogens (tertiary/aromatic N) is 1. The maximum Gasteiger partial charge on any atom is 0.218 e. The van der Waals surface area contributed by atoms with Crippen molar-refractivity contribution in [1.82, 2.24) is 4.31 Å². The van der Waals surface area contributed by atoms with Crippen molar-refractivity contribution in [2.45, 2.75) is 18.8 Å². The van der Waals surface area contributed by atoms with E-state index in [0.717, 1.165) is 16.7 Å². The zero-order valence-electron chi connectivity index (χ0n) is 13.5. The molecule has 1 unspecified atom stereocenters. The Morgan fingerprint density at radius 1 is 1.12 bits per heavy atom. The largest absolute Gasteiger partial charge is 0.371 e. The number of halogens is 1. The average molecular weight is 366 g/mol. The van der Waals surface area contributed by atoms with Gasteiger partial charge in [0.15, 0.2) is 0 Å². The van der Waals surface area contributed by atoms with Gasteiger partial charge < -0.3 is 4.74 Å². The Bertz CT molecular complexity index is 788. The van der Waals surface area contributed by atoms with Gasteiger partial charge in [0.05, 0.1) is 18.5 Å². The van der Waals surface area contributed by atoms with Crippen molar-refractivity contribution in [3.63, 3.8) is 0 Å². The van der Waals surface area contributed by atoms with Gasteiger partial charge in [0, 0.05) is 18.1 Å². The summed E-state index contributed by atoms with van der Waals surface area (Å²) in [5.74, 6) is 0.0145. The number of sulfonamides is 1. The van der Waals surface area contributed by atoms with Crippen LogP contribution in [-0.2, 0) is 20.5 Å². The van der Waals surface area contributed by atoms with Gasteiger partial charge in [-0.1, -0.05) is 53.6 Å². The van der Waals surface area contributed by atoms with Crippen molar-refractivity contribution in [2.75, 3.05) is 19.7 Å². The number of hydrogen-bond donors (Lipinski definition) is 0. The first kappa shape index (κ1) is 17.4. The van der Waals surface area contributed by atoms with Crippen molar-refractivity contribution >= 4 is 21.6 Å². The van der Waals surface area contributed by atoms with E-state index in [-0.39, 0.29) is 11.9 Å². The average Bonchev–Trinajstić information content (AvgIpc) is 2.58. The van der Waals surface area contributed by atoms with Crippen LogP contribution in [0.25, 0.3) is 0 Å². The van der Waals surface area contributed by atoms with Crippen LogP contribution in [0.2, 0.25) is 5.02 Å². The van der Waals surface area contributed by atoms with Crippen LogP contribution in [0.3, 0.4) is 0 Å². The molecule has 0 radical (unpaired) electrons. The van der Waals surface area contributed by atoms with Crippen molar-refractivity contribution in [3.05, 3.63) is 70.2 Å². The van der Waals surface area contributed by atoms with E-state index in [1.807, 2.05) is 43.3 Å². The molecule has 1 atom stereocenters. The fraction of sp³-hybridized carbons (Fsp3) is 0.333. The Morgan fingerprint density at radius 3 is 2.46 bits per heavy atom. The van der Waals surface area contributed by atoms with Crippen molar-refractivity contribution in [2.24, 2.45) is 0 Å². The molecule has 0 spiro atoms. The van der Waals surface area contributed by atoms with Crippen LogP contribution in [0.15, 0.2) is 48.5 Å². The predicted molar refractivity (Wildman–Crippen MR) is 95.5 cm³/mol. The fourth-order valence-corrected chi connectivity index (χ4v) is 4.38. The molecule has 0 amide bonds. The van der Waals surface area contributed by atoms with Crippen LogP contribution in [-0.4, -0.2) is 32.4 Å². The van der Waals surface area contributed by atoms with E-state index in [2.05, 4.69) is 0 Å². The summed E-state index contributed by atoms with van der Waals surface area (Å²) in [5.41, 5.74) is 2.86. The van der Waals surface area contributed by atoms with Crippen LogP contribution in [0.1, 0.15) is 22.8 Å². The highest BCUT2D eigenvalue weighted by Gasteiger charge is 2.30. The van der Waals surface area contributed by atoms with Crippen LogP contribution < -0.4 is 0 Å². The van der Waals surface area contributed by atoms with Crippen LogP contribution in [0.5, 0.6) is 0 Å². The van der Waals surface area contributed by atoms with Gasteiger partial charge in [0.2, 0.25) is 10.0 Å². The molecule has 1 aliphatic heterocycles. The second kappa shape index (κ2) is 7.23. The summed E-state index contributed by atoms with van der Waals surface area (Å²) in [4.78, 5) is 0. The highest BCUT2D eigenvalue weighted by atomic mass is 35.5. The Kier molecular flexibility index (Phi) is 5.25. The molecule has 3 rings (SSSR count). The SMILES string of the molecule is Cc1ccc(CS(=O)(=O)N2CCOC(c3ccc(Cl)cc3)C2)cc1. The third-order valence-electron chi connectivity index (χ3n) is 4.13. The summed E-state index contributed by atoms with van der Waals surface area (Å²) in [5, 5.41) is 0.651. The highest BCUT2D eigenvalue weighted by Crippen LogP contribution is 2.26. The lowest BCUT2D eigenvalue weighted by Crippen LogP contribution is -2.42. The van der Waals surface area contributed by atoms with Crippen LogP contribution >= 0.6 is 11.6 Å². The Hall–Kier alpha value is -1.40. The monoisotopic (exact) mass is 365 g/mol. The lowest BCUT2D eigenvalue weighted by molar-refractivity contribution is -0.00260. The Labute approximate surface area is 148 Å². The molecule has 4 nitrogen and oxygen atoms in total. The van der Waals surface area contributed by atoms with E-state index in [9.17, 15) is 8.42 Å². The molecule has 0 aromatic heterocycles. The van der Waals surface area contributed by atoms with E-state index in [1.54, 1.807) is 12.1 Å². The third-order valence-corrected chi connectivity index (χ3v) is 6.20. The topological polar surface area (TPSA) is 46.6 Å². The molecule has 0 saturated carbocycles. The van der Waals surface area contributed by atoms with E-state index < -0.39 is 10.0 Å². The van der Waals surface area contributed by atoms with Gasteiger partial charge in [-0.15, -0.1) is 0 Å². The van der Waals surface area contributed by atoms with Gasteiger partial charge in [-0.2, -0.15) is 4.31 Å². The minimum absolute atomic E-state index is 0.0145. The standard InChI is InChI=1S/C18H20ClNO3S/c1-14-2-4-15(5-3-14)13-24(21,22)20-10-11-23-18(12-20)16-6-8-17(19)9-7-16/h2-9,18H,10-13H2,1H3. The van der Waals surface area contributed by atoms with Crippen LogP contribution in [0.4, 0.5) is 0 Å². The summed E-state index contributed by atoms with van der Waals surface area (Å²) in [7, 11) is -3.37. The first-order valence-electron chi connectivity index (χ1n) is 7.84. The molecule has 1 fully saturated rings. The fourth-order valence-electron chi connectivity index (χ4n) is 2.74. The first-order valence-corrected chi connectivity index (χ1v) is 9.83. The molecular weight excluding hydrogens is 346 g/mol. The molecule has 2 aromatic carbocycles. The lowest BCUT2D eigenvalue weighted by atomic mass is 10.1. The van der Waals surface area contributed by atoms with E-state index in [1.165, 1.54) is 4.31 Å². The summed E-state index contributed by atoms with van der Waals surface area (Å²) < 4.78 is 32.7. The highest BCUT2D eigenvalue weighted by molar-refractivity contribution is 7.88. The molecule has 2 aromatic rings. The Morgan fingerprint density at radius 2 is 1.79 bits per heavy atom. The van der Waals surface area contributed by atoms with Crippen LogP contribution in [0, 0.1) is 6.92 Å². The normalized spacial score (nSPS) is 19.3. The van der Waals surface area contributed by atoms with Gasteiger partial charge in [-0.05, 0) is 30.2 Å². The molecular formula is C18H20ClNO3S. The quantitative estimate of drug-likeness (QED) is 0.832. The number of ether oxygens (including phenoxy) is 1. The molecule has 24 heavy (non-hydrogen) atoms. The number of hydrogen-bond acceptors (Lipinski definition) is 3. The minimum atomic E-state index is -3.37. The predicted octanol–water partition coefficient (Wildman–Crippen LogP) is 3.55. The zero-order valence-corrected chi connectivity index (χ0v) is 15.1. The minimum Gasteiger partial charge on any atom is -0.371 e. The van der Waals surface area contributed by atoms with Gasteiger partial charge in [-0.3, -0.25) is 0 Å². The molecule has 6 heteroatoms. The smallest absolute Gasteiger partial charge is 0.218 e. The summed E-state index contributed by atoms with van der Waals surface area (Å²) >= 11 is 5.91. The molecule has 1 heterocycles. The summed E-state index contributed by atoms with van der Waals surface area (Å²) in [6.07, 6.45) is -0.260. The number of morpholine rings is 1. The Balaban J connectivity index is 1.73. The molecule has 0 bridgehead atoms. The van der Waals surface area contributed by atoms with Crippen molar-refractivity contribution < 1.29 is 13.2 Å². The van der Waals surface area contributed by atoms with E-state index in [0.29, 0.717) is 24.7 Å². The van der Waals surface area contributed by atoms with E-state index >= 15 is 0 Å². The lowest BCUT2D eigenvalue weighted by Gasteiger charge is -2.32. The second-order valence-electron chi connectivity index (χ2n) is 6.01. The van der Waals surface area contributed by atoms with Gasteiger partial charge in [0.25, 0.3) is 0 Å². The number of rotatable bonds is 4. The molecule has 128 valence electrons. The third kappa shape index (κ3) is 4.16.